The van der Waals surface area contributed by atoms with E-state index in [1.54, 1.807) is 0 Å². The number of amides is 1. The highest BCUT2D eigenvalue weighted by atomic mass is 16.4. The summed E-state index contributed by atoms with van der Waals surface area (Å²) in [4.78, 5) is 12.2. The minimum Gasteiger partial charge on any atom is -0.409 e. The first-order chi connectivity index (χ1) is 8.97. The van der Waals surface area contributed by atoms with Crippen LogP contribution in [-0.2, 0) is 4.79 Å². The van der Waals surface area contributed by atoms with Crippen molar-refractivity contribution < 1.29 is 10.0 Å². The molecule has 0 aliphatic heterocycles. The van der Waals surface area contributed by atoms with Crippen LogP contribution in [0.2, 0.25) is 0 Å². The lowest BCUT2D eigenvalue weighted by Crippen LogP contribution is -2.44. The number of rotatable bonds is 4. The van der Waals surface area contributed by atoms with Crippen molar-refractivity contribution in [3.8, 4) is 0 Å². The molecule has 0 unspecified atom stereocenters. The van der Waals surface area contributed by atoms with Gasteiger partial charge in [-0.15, -0.1) is 0 Å². The molecule has 0 aromatic carbocycles. The SMILES string of the molecule is CC(C)(CNC(=O)C1CCCCCCC1)C(N)=NO. The van der Waals surface area contributed by atoms with Crippen LogP contribution in [0.1, 0.15) is 58.8 Å². The van der Waals surface area contributed by atoms with E-state index in [1.807, 2.05) is 13.8 Å². The molecule has 0 spiro atoms. The Hall–Kier alpha value is -1.26. The number of nitrogens with one attached hydrogen (secondary N) is 1. The van der Waals surface area contributed by atoms with Gasteiger partial charge in [0, 0.05) is 17.9 Å². The molecule has 1 fully saturated rings. The maximum Gasteiger partial charge on any atom is 0.223 e. The average molecular weight is 269 g/mol. The zero-order chi connectivity index (χ0) is 14.3. The molecule has 1 saturated carbocycles. The van der Waals surface area contributed by atoms with Crippen molar-refractivity contribution in [2.24, 2.45) is 22.2 Å². The maximum atomic E-state index is 12.2. The van der Waals surface area contributed by atoms with Gasteiger partial charge in [-0.25, -0.2) is 0 Å². The van der Waals surface area contributed by atoms with E-state index in [0.29, 0.717) is 6.54 Å². The van der Waals surface area contributed by atoms with Crippen molar-refractivity contribution in [3.05, 3.63) is 0 Å². The van der Waals surface area contributed by atoms with Gasteiger partial charge < -0.3 is 16.3 Å². The van der Waals surface area contributed by atoms with E-state index < -0.39 is 5.41 Å². The highest BCUT2D eigenvalue weighted by Crippen LogP contribution is 2.23. The van der Waals surface area contributed by atoms with E-state index in [0.717, 1.165) is 25.7 Å². The molecule has 1 rings (SSSR count). The second-order valence-corrected chi connectivity index (χ2v) is 6.13. The number of carbonyl (C=O) groups excluding carboxylic acids is 1. The second-order valence-electron chi connectivity index (χ2n) is 6.13. The summed E-state index contributed by atoms with van der Waals surface area (Å²) in [5.41, 5.74) is 5.09. The van der Waals surface area contributed by atoms with E-state index in [1.165, 1.54) is 19.3 Å². The molecule has 0 radical (unpaired) electrons. The van der Waals surface area contributed by atoms with E-state index in [4.69, 9.17) is 10.9 Å². The molecule has 5 heteroatoms. The summed E-state index contributed by atoms with van der Waals surface area (Å²) in [7, 11) is 0. The first-order valence-electron chi connectivity index (χ1n) is 7.23. The van der Waals surface area contributed by atoms with Crippen molar-refractivity contribution in [2.75, 3.05) is 6.54 Å². The summed E-state index contributed by atoms with van der Waals surface area (Å²) in [6.07, 6.45) is 8.01. The predicted octanol–water partition coefficient (Wildman–Crippen LogP) is 2.24. The number of nitrogens with two attached hydrogens (primary N) is 1. The molecule has 4 N–H and O–H groups in total. The minimum atomic E-state index is -0.522. The van der Waals surface area contributed by atoms with Gasteiger partial charge >= 0.3 is 0 Å². The molecule has 1 aliphatic rings. The Morgan fingerprint density at radius 1 is 1.26 bits per heavy atom. The Morgan fingerprint density at radius 3 is 2.32 bits per heavy atom. The summed E-state index contributed by atoms with van der Waals surface area (Å²) >= 11 is 0. The highest BCUT2D eigenvalue weighted by Gasteiger charge is 2.26. The molecule has 0 aromatic heterocycles. The smallest absolute Gasteiger partial charge is 0.223 e. The molecule has 0 atom stereocenters. The van der Waals surface area contributed by atoms with Crippen molar-refractivity contribution in [2.45, 2.75) is 58.8 Å². The van der Waals surface area contributed by atoms with E-state index in [2.05, 4.69) is 10.5 Å². The van der Waals surface area contributed by atoms with Crippen LogP contribution in [0, 0.1) is 11.3 Å². The number of amidine groups is 1. The monoisotopic (exact) mass is 269 g/mol. The van der Waals surface area contributed by atoms with Gasteiger partial charge in [0.15, 0.2) is 0 Å². The van der Waals surface area contributed by atoms with E-state index in [-0.39, 0.29) is 17.7 Å². The van der Waals surface area contributed by atoms with Crippen LogP contribution in [0.4, 0.5) is 0 Å². The molecular weight excluding hydrogens is 242 g/mol. The van der Waals surface area contributed by atoms with Crippen LogP contribution in [-0.4, -0.2) is 23.5 Å². The van der Waals surface area contributed by atoms with Gasteiger partial charge in [0.2, 0.25) is 5.91 Å². The fraction of sp³-hybridized carbons (Fsp3) is 0.857. The fourth-order valence-corrected chi connectivity index (χ4v) is 2.40. The minimum absolute atomic E-state index is 0.112. The van der Waals surface area contributed by atoms with Crippen LogP contribution in [0.15, 0.2) is 5.16 Å². The number of hydrogen-bond donors (Lipinski definition) is 3. The first-order valence-corrected chi connectivity index (χ1v) is 7.23. The summed E-state index contributed by atoms with van der Waals surface area (Å²) in [6, 6.07) is 0. The molecule has 19 heavy (non-hydrogen) atoms. The molecule has 0 saturated heterocycles. The molecular formula is C14H27N3O2. The van der Waals surface area contributed by atoms with Crippen molar-refractivity contribution in [1.29, 1.82) is 0 Å². The number of hydrogen-bond acceptors (Lipinski definition) is 3. The number of nitrogens with zero attached hydrogens (tertiary/aromatic N) is 1. The normalized spacial score (nSPS) is 19.6. The van der Waals surface area contributed by atoms with E-state index in [9.17, 15) is 4.79 Å². The molecule has 0 aromatic rings. The Labute approximate surface area is 115 Å². The van der Waals surface area contributed by atoms with Gasteiger partial charge in [-0.05, 0) is 12.8 Å². The fourth-order valence-electron chi connectivity index (χ4n) is 2.40. The van der Waals surface area contributed by atoms with Crippen LogP contribution in [0.25, 0.3) is 0 Å². The zero-order valence-electron chi connectivity index (χ0n) is 12.1. The molecule has 1 amide bonds. The van der Waals surface area contributed by atoms with Gasteiger partial charge in [-0.2, -0.15) is 0 Å². The highest BCUT2D eigenvalue weighted by molar-refractivity contribution is 5.86. The quantitative estimate of drug-likeness (QED) is 0.316. The third-order valence-corrected chi connectivity index (χ3v) is 3.98. The van der Waals surface area contributed by atoms with Gasteiger partial charge in [-0.3, -0.25) is 4.79 Å². The van der Waals surface area contributed by atoms with Gasteiger partial charge in [0.05, 0.1) is 0 Å². The Kier molecular flexibility index (Phi) is 6.12. The molecule has 0 heterocycles. The first kappa shape index (κ1) is 15.8. The van der Waals surface area contributed by atoms with Crippen molar-refractivity contribution >= 4 is 11.7 Å². The van der Waals surface area contributed by atoms with Gasteiger partial charge in [-0.1, -0.05) is 51.1 Å². The standard InChI is InChI=1S/C14H27N3O2/c1-14(2,13(15)17-19)10-16-12(18)11-8-6-4-3-5-7-9-11/h11,19H,3-10H2,1-2H3,(H2,15,17)(H,16,18). The largest absolute Gasteiger partial charge is 0.409 e. The lowest BCUT2D eigenvalue weighted by molar-refractivity contribution is -0.125. The van der Waals surface area contributed by atoms with E-state index >= 15 is 0 Å². The summed E-state index contributed by atoms with van der Waals surface area (Å²) in [5, 5.41) is 14.7. The van der Waals surface area contributed by atoms with Crippen LogP contribution in [0.3, 0.4) is 0 Å². The molecule has 110 valence electrons. The van der Waals surface area contributed by atoms with Crippen molar-refractivity contribution in [3.63, 3.8) is 0 Å². The number of oxime groups is 1. The third-order valence-electron chi connectivity index (χ3n) is 3.98. The van der Waals surface area contributed by atoms with Crippen LogP contribution in [0.5, 0.6) is 0 Å². The zero-order valence-corrected chi connectivity index (χ0v) is 12.1. The third kappa shape index (κ3) is 5.09. The summed E-state index contributed by atoms with van der Waals surface area (Å²) in [5.74, 6) is 0.384. The van der Waals surface area contributed by atoms with Gasteiger partial charge in [0.25, 0.3) is 0 Å². The number of carbonyl (C=O) groups is 1. The van der Waals surface area contributed by atoms with Crippen molar-refractivity contribution in [1.82, 2.24) is 5.32 Å². The lowest BCUT2D eigenvalue weighted by atomic mass is 9.89. The Morgan fingerprint density at radius 2 is 1.79 bits per heavy atom. The lowest BCUT2D eigenvalue weighted by Gasteiger charge is -2.25. The molecule has 1 aliphatic carbocycles. The predicted molar refractivity (Wildman–Crippen MR) is 76.0 cm³/mol. The summed E-state index contributed by atoms with van der Waals surface area (Å²) < 4.78 is 0. The Bertz CT molecular complexity index is 319. The second kappa shape index (κ2) is 7.36. The molecule has 0 bridgehead atoms. The Balaban J connectivity index is 2.45. The summed E-state index contributed by atoms with van der Waals surface area (Å²) in [6.45, 7) is 4.10. The van der Waals surface area contributed by atoms with Gasteiger partial charge in [0.1, 0.15) is 5.84 Å². The maximum absolute atomic E-state index is 12.2. The topological polar surface area (TPSA) is 87.7 Å². The van der Waals surface area contributed by atoms with Crippen LogP contribution >= 0.6 is 0 Å². The van der Waals surface area contributed by atoms with Crippen LogP contribution < -0.4 is 11.1 Å². The molecule has 5 nitrogen and oxygen atoms in total. The average Bonchev–Trinajstić information content (AvgIpc) is 2.34.